The zero-order valence-corrected chi connectivity index (χ0v) is 6.47. The van der Waals surface area contributed by atoms with E-state index in [0.29, 0.717) is 6.26 Å². The lowest BCUT2D eigenvalue weighted by Gasteiger charge is -1.76. The van der Waals surface area contributed by atoms with Gasteiger partial charge in [0.1, 0.15) is 0 Å². The van der Waals surface area contributed by atoms with Crippen molar-refractivity contribution in [2.45, 2.75) is 0 Å². The molecule has 0 aliphatic rings. The third kappa shape index (κ3) is 195. The van der Waals surface area contributed by atoms with E-state index in [4.69, 9.17) is 4.55 Å². The lowest BCUT2D eigenvalue weighted by molar-refractivity contribution is 0.406. The summed E-state index contributed by atoms with van der Waals surface area (Å²) in [5, 5.41) is 0. The predicted octanol–water partition coefficient (Wildman–Crippen LogP) is 0.794. The van der Waals surface area contributed by atoms with Crippen LogP contribution in [0.5, 0.6) is 0 Å². The highest BCUT2D eigenvalue weighted by molar-refractivity contribution is 7.85. The molecular formula is C5H10O4S. The van der Waals surface area contributed by atoms with Gasteiger partial charge in [-0.2, -0.15) is 8.42 Å². The van der Waals surface area contributed by atoms with E-state index in [0.717, 1.165) is 0 Å². The molecule has 0 fully saturated rings. The molecule has 0 aromatic carbocycles. The van der Waals surface area contributed by atoms with E-state index in [9.17, 15) is 8.42 Å². The Bertz CT molecular complexity index is 166. The molecule has 10 heavy (non-hydrogen) atoms. The van der Waals surface area contributed by atoms with E-state index in [1.165, 1.54) is 12.5 Å². The molecule has 0 aromatic rings. The first-order valence-electron chi connectivity index (χ1n) is 2.21. The van der Waals surface area contributed by atoms with E-state index in [1.54, 1.807) is 0 Å². The Morgan fingerprint density at radius 3 is 1.60 bits per heavy atom. The van der Waals surface area contributed by atoms with Crippen LogP contribution in [0.1, 0.15) is 0 Å². The molecular weight excluding hydrogens is 156 g/mol. The Morgan fingerprint density at radius 1 is 1.40 bits per heavy atom. The van der Waals surface area contributed by atoms with Gasteiger partial charge in [0.15, 0.2) is 0 Å². The van der Waals surface area contributed by atoms with Gasteiger partial charge in [0, 0.05) is 0 Å². The largest absolute Gasteiger partial charge is 0.474 e. The molecule has 0 aliphatic carbocycles. The maximum atomic E-state index is 9.19. The molecule has 0 rings (SSSR count). The Labute approximate surface area is 60.6 Å². The fourth-order valence-corrected chi connectivity index (χ4v) is 0.0680. The van der Waals surface area contributed by atoms with Crippen LogP contribution < -0.4 is 0 Å². The van der Waals surface area contributed by atoms with Crippen molar-refractivity contribution in [3.8, 4) is 0 Å². The highest BCUT2D eigenvalue weighted by atomic mass is 32.2. The highest BCUT2D eigenvalue weighted by Crippen LogP contribution is 1.65. The van der Waals surface area contributed by atoms with Crippen LogP contribution in [0.4, 0.5) is 0 Å². The van der Waals surface area contributed by atoms with Crippen molar-refractivity contribution in [2.75, 3.05) is 6.26 Å². The first-order valence-corrected chi connectivity index (χ1v) is 4.06. The minimum Gasteiger partial charge on any atom is -0.474 e. The second-order valence-electron chi connectivity index (χ2n) is 1.20. The molecule has 0 saturated carbocycles. The molecule has 0 radical (unpaired) electrons. The van der Waals surface area contributed by atoms with E-state index < -0.39 is 10.1 Å². The first-order chi connectivity index (χ1) is 4.41. The summed E-state index contributed by atoms with van der Waals surface area (Å²) in [6, 6.07) is 0. The van der Waals surface area contributed by atoms with E-state index >= 15 is 0 Å². The average molecular weight is 166 g/mol. The summed E-state index contributed by atoms with van der Waals surface area (Å²) in [6.07, 6.45) is 3.34. The van der Waals surface area contributed by atoms with Gasteiger partial charge in [-0.1, -0.05) is 13.2 Å². The highest BCUT2D eigenvalue weighted by Gasteiger charge is 1.81. The van der Waals surface area contributed by atoms with Crippen molar-refractivity contribution in [3.05, 3.63) is 25.7 Å². The maximum Gasteiger partial charge on any atom is 0.261 e. The van der Waals surface area contributed by atoms with Crippen LogP contribution in [0.3, 0.4) is 0 Å². The SMILES string of the molecule is C=COC=C.CS(=O)(=O)O. The predicted molar refractivity (Wildman–Crippen MR) is 39.0 cm³/mol. The Balaban J connectivity index is 0. The van der Waals surface area contributed by atoms with Crippen LogP contribution in [0.15, 0.2) is 25.7 Å². The van der Waals surface area contributed by atoms with Gasteiger partial charge in [-0.05, 0) is 0 Å². The second kappa shape index (κ2) is 6.31. The van der Waals surface area contributed by atoms with Crippen LogP contribution in [-0.4, -0.2) is 19.2 Å². The van der Waals surface area contributed by atoms with Crippen LogP contribution >= 0.6 is 0 Å². The molecule has 1 N–H and O–H groups in total. The number of hydrogen-bond donors (Lipinski definition) is 1. The number of hydrogen-bond acceptors (Lipinski definition) is 3. The summed E-state index contributed by atoms with van der Waals surface area (Å²) in [4.78, 5) is 0. The van der Waals surface area contributed by atoms with Crippen LogP contribution in [0, 0.1) is 0 Å². The molecule has 5 heteroatoms. The molecule has 0 aliphatic heterocycles. The Kier molecular flexibility index (Phi) is 7.53. The third-order valence-electron chi connectivity index (χ3n) is 0.192. The van der Waals surface area contributed by atoms with Crippen LogP contribution in [0.25, 0.3) is 0 Å². The summed E-state index contributed by atoms with van der Waals surface area (Å²) in [5.41, 5.74) is 0. The molecule has 0 amide bonds. The molecule has 4 nitrogen and oxygen atoms in total. The van der Waals surface area contributed by atoms with Crippen molar-refractivity contribution < 1.29 is 17.7 Å². The minimum absolute atomic E-state index is 0.715. The van der Waals surface area contributed by atoms with Gasteiger partial charge in [-0.15, -0.1) is 0 Å². The molecule has 60 valence electrons. The monoisotopic (exact) mass is 166 g/mol. The molecule has 0 heterocycles. The van der Waals surface area contributed by atoms with Gasteiger partial charge >= 0.3 is 0 Å². The Hall–Kier alpha value is -0.810. The standard InChI is InChI=1S/C4H6O.CH4O3S/c1-3-5-4-2;1-5(2,3)4/h3-4H,1-2H2;1H3,(H,2,3,4). The molecule has 0 atom stereocenters. The van der Waals surface area contributed by atoms with Crippen molar-refractivity contribution in [1.82, 2.24) is 0 Å². The molecule has 0 spiro atoms. The normalized spacial score (nSPS) is 8.60. The quantitative estimate of drug-likeness (QED) is 0.486. The van der Waals surface area contributed by atoms with Gasteiger partial charge in [0.05, 0.1) is 18.8 Å². The lowest BCUT2D eigenvalue weighted by Crippen LogP contribution is -1.88. The second-order valence-corrected chi connectivity index (χ2v) is 2.67. The smallest absolute Gasteiger partial charge is 0.261 e. The lowest BCUT2D eigenvalue weighted by atomic mass is 11.1. The summed E-state index contributed by atoms with van der Waals surface area (Å²) in [6.45, 7) is 6.51. The van der Waals surface area contributed by atoms with Gasteiger partial charge < -0.3 is 4.74 Å². The van der Waals surface area contributed by atoms with Gasteiger partial charge in [0.2, 0.25) is 0 Å². The van der Waals surface area contributed by atoms with Crippen LogP contribution in [-0.2, 0) is 14.9 Å². The van der Waals surface area contributed by atoms with E-state index in [-0.39, 0.29) is 0 Å². The summed E-state index contributed by atoms with van der Waals surface area (Å²) >= 11 is 0. The van der Waals surface area contributed by atoms with Gasteiger partial charge in [-0.3, -0.25) is 4.55 Å². The number of rotatable bonds is 2. The van der Waals surface area contributed by atoms with E-state index in [2.05, 4.69) is 17.9 Å². The van der Waals surface area contributed by atoms with Crippen molar-refractivity contribution in [2.24, 2.45) is 0 Å². The summed E-state index contributed by atoms with van der Waals surface area (Å²) < 4.78 is 30.2. The van der Waals surface area contributed by atoms with Crippen LogP contribution in [0.2, 0.25) is 0 Å². The third-order valence-corrected chi connectivity index (χ3v) is 0.192. The van der Waals surface area contributed by atoms with Gasteiger partial charge in [-0.25, -0.2) is 0 Å². The Morgan fingerprint density at radius 2 is 1.60 bits per heavy atom. The topological polar surface area (TPSA) is 63.6 Å². The zero-order chi connectivity index (χ0) is 8.62. The first kappa shape index (κ1) is 11.9. The summed E-state index contributed by atoms with van der Waals surface area (Å²) in [5.74, 6) is 0. The molecule has 0 unspecified atom stereocenters. The average Bonchev–Trinajstić information content (AvgIpc) is 1.63. The number of ether oxygens (including phenoxy) is 1. The molecule has 0 bridgehead atoms. The zero-order valence-electron chi connectivity index (χ0n) is 5.65. The van der Waals surface area contributed by atoms with Gasteiger partial charge in [0.25, 0.3) is 10.1 Å². The van der Waals surface area contributed by atoms with E-state index in [1.807, 2.05) is 0 Å². The van der Waals surface area contributed by atoms with Crippen molar-refractivity contribution >= 4 is 10.1 Å². The maximum absolute atomic E-state index is 9.19. The summed E-state index contributed by atoms with van der Waals surface area (Å²) in [7, 11) is -3.67. The fraction of sp³-hybridized carbons (Fsp3) is 0.200. The fourth-order valence-electron chi connectivity index (χ4n) is 0.0680. The molecule has 0 saturated heterocycles. The van der Waals surface area contributed by atoms with Crippen molar-refractivity contribution in [1.29, 1.82) is 0 Å². The molecule has 0 aromatic heterocycles. The minimum atomic E-state index is -3.67. The van der Waals surface area contributed by atoms with Crippen molar-refractivity contribution in [3.63, 3.8) is 0 Å².